The van der Waals surface area contributed by atoms with E-state index in [-0.39, 0.29) is 18.5 Å². The minimum absolute atomic E-state index is 0.0910. The van der Waals surface area contributed by atoms with Crippen LogP contribution >= 0.6 is 0 Å². The number of anilines is 1. The van der Waals surface area contributed by atoms with Crippen molar-refractivity contribution in [3.8, 4) is 0 Å². The monoisotopic (exact) mass is 271 g/mol. The average molecular weight is 271 g/mol. The van der Waals surface area contributed by atoms with Gasteiger partial charge in [0.1, 0.15) is 0 Å². The summed E-state index contributed by atoms with van der Waals surface area (Å²) < 4.78 is 10.1. The highest BCUT2D eigenvalue weighted by Gasteiger charge is 2.07. The van der Waals surface area contributed by atoms with Gasteiger partial charge < -0.3 is 25.1 Å². The summed E-state index contributed by atoms with van der Waals surface area (Å²) in [6, 6.07) is 0.246. The molecule has 3 N–H and O–H groups in total. The van der Waals surface area contributed by atoms with Crippen molar-refractivity contribution in [2.45, 2.75) is 19.9 Å². The van der Waals surface area contributed by atoms with Crippen LogP contribution in [0.5, 0.6) is 0 Å². The third-order valence-electron chi connectivity index (χ3n) is 2.20. The van der Waals surface area contributed by atoms with Gasteiger partial charge in [-0.15, -0.1) is 5.10 Å². The molecule has 1 aromatic heterocycles. The second-order valence-electron chi connectivity index (χ2n) is 3.87. The van der Waals surface area contributed by atoms with E-state index >= 15 is 0 Å². The molecule has 0 saturated carbocycles. The summed E-state index contributed by atoms with van der Waals surface area (Å²) in [7, 11) is 1.58. The first-order valence-electron chi connectivity index (χ1n) is 6.28. The van der Waals surface area contributed by atoms with Gasteiger partial charge in [0.25, 0.3) is 0 Å². The predicted molar refractivity (Wildman–Crippen MR) is 69.7 cm³/mol. The van der Waals surface area contributed by atoms with Gasteiger partial charge in [0, 0.05) is 13.7 Å². The lowest BCUT2D eigenvalue weighted by molar-refractivity contribution is -0.119. The summed E-state index contributed by atoms with van der Waals surface area (Å²) in [5.74, 6) is 0.344. The number of amides is 1. The highest BCUT2D eigenvalue weighted by Crippen LogP contribution is 2.04. The van der Waals surface area contributed by atoms with Crippen LogP contribution in [0.25, 0.3) is 0 Å². The largest absolute Gasteiger partial charge is 0.407 e. The van der Waals surface area contributed by atoms with Crippen molar-refractivity contribution < 1.29 is 13.9 Å². The molecule has 0 radical (unpaired) electrons. The molecule has 1 heterocycles. The van der Waals surface area contributed by atoms with E-state index in [1.165, 1.54) is 0 Å². The second kappa shape index (κ2) is 9.29. The molecular formula is C11H21N5O3. The summed E-state index contributed by atoms with van der Waals surface area (Å²) in [6.07, 6.45) is 1.04. The molecule has 0 aliphatic heterocycles. The molecule has 8 nitrogen and oxygen atoms in total. The topological polar surface area (TPSA) is 101 Å². The number of nitrogens with one attached hydrogen (secondary N) is 3. The van der Waals surface area contributed by atoms with E-state index in [2.05, 4.69) is 33.1 Å². The first kappa shape index (κ1) is 15.4. The molecule has 0 saturated heterocycles. The van der Waals surface area contributed by atoms with E-state index in [4.69, 9.17) is 9.15 Å². The van der Waals surface area contributed by atoms with Crippen molar-refractivity contribution in [3.05, 3.63) is 5.89 Å². The number of hydrogen-bond acceptors (Lipinski definition) is 7. The Morgan fingerprint density at radius 1 is 1.37 bits per heavy atom. The van der Waals surface area contributed by atoms with Crippen LogP contribution in [0.3, 0.4) is 0 Å². The van der Waals surface area contributed by atoms with Gasteiger partial charge in [0.2, 0.25) is 11.8 Å². The first-order chi connectivity index (χ1) is 9.26. The third-order valence-corrected chi connectivity index (χ3v) is 2.20. The maximum Gasteiger partial charge on any atom is 0.315 e. The molecule has 1 amide bonds. The van der Waals surface area contributed by atoms with Crippen LogP contribution in [0.1, 0.15) is 19.2 Å². The Morgan fingerprint density at radius 2 is 2.21 bits per heavy atom. The van der Waals surface area contributed by atoms with Crippen molar-refractivity contribution in [2.75, 3.05) is 38.7 Å². The number of rotatable bonds is 10. The Kier molecular flexibility index (Phi) is 7.52. The zero-order chi connectivity index (χ0) is 13.9. The van der Waals surface area contributed by atoms with Gasteiger partial charge in [-0.3, -0.25) is 4.79 Å². The zero-order valence-electron chi connectivity index (χ0n) is 11.4. The molecule has 108 valence electrons. The lowest BCUT2D eigenvalue weighted by Crippen LogP contribution is -2.32. The van der Waals surface area contributed by atoms with Crippen LogP contribution in [-0.4, -0.2) is 49.5 Å². The molecule has 0 spiro atoms. The van der Waals surface area contributed by atoms with E-state index in [0.29, 0.717) is 25.6 Å². The molecule has 1 aromatic rings. The summed E-state index contributed by atoms with van der Waals surface area (Å²) in [6.45, 7) is 4.56. The van der Waals surface area contributed by atoms with Gasteiger partial charge in [-0.1, -0.05) is 12.0 Å². The lowest BCUT2D eigenvalue weighted by Gasteiger charge is -2.03. The van der Waals surface area contributed by atoms with Crippen molar-refractivity contribution in [1.82, 2.24) is 20.8 Å². The Bertz CT molecular complexity index is 369. The summed E-state index contributed by atoms with van der Waals surface area (Å²) in [4.78, 5) is 11.4. The molecule has 1 rings (SSSR count). The number of carbonyl (C=O) groups is 1. The number of nitrogens with zero attached hydrogens (tertiary/aromatic N) is 2. The predicted octanol–water partition coefficient (Wildman–Crippen LogP) is -0.256. The number of methoxy groups -OCH3 is 1. The third kappa shape index (κ3) is 6.73. The molecule has 0 fully saturated rings. The van der Waals surface area contributed by atoms with Crippen LogP contribution < -0.4 is 16.0 Å². The fourth-order valence-electron chi connectivity index (χ4n) is 1.28. The fourth-order valence-corrected chi connectivity index (χ4v) is 1.28. The van der Waals surface area contributed by atoms with Gasteiger partial charge >= 0.3 is 6.01 Å². The molecule has 19 heavy (non-hydrogen) atoms. The van der Waals surface area contributed by atoms with Crippen molar-refractivity contribution in [3.63, 3.8) is 0 Å². The van der Waals surface area contributed by atoms with Gasteiger partial charge in [-0.2, -0.15) is 0 Å². The molecule has 0 bridgehead atoms. The minimum atomic E-state index is -0.152. The Morgan fingerprint density at radius 3 is 2.95 bits per heavy atom. The van der Waals surface area contributed by atoms with Gasteiger partial charge in [-0.25, -0.2) is 0 Å². The summed E-state index contributed by atoms with van der Waals surface area (Å²) >= 11 is 0. The maximum atomic E-state index is 11.4. The van der Waals surface area contributed by atoms with E-state index in [1.807, 2.05) is 0 Å². The standard InChI is InChI=1S/C11H21N5O3/c1-3-4-12-8-10-15-16-11(19-10)14-7-9(17)13-5-6-18-2/h12H,3-8H2,1-2H3,(H,13,17)(H,14,16). The zero-order valence-corrected chi connectivity index (χ0v) is 11.4. The average Bonchev–Trinajstić information content (AvgIpc) is 2.85. The minimum Gasteiger partial charge on any atom is -0.407 e. The van der Waals surface area contributed by atoms with Crippen LogP contribution in [0.4, 0.5) is 6.01 Å². The van der Waals surface area contributed by atoms with Gasteiger partial charge in [-0.05, 0) is 13.0 Å². The summed E-state index contributed by atoms with van der Waals surface area (Å²) in [5.41, 5.74) is 0. The SMILES string of the molecule is CCCNCc1nnc(NCC(=O)NCCOC)o1. The van der Waals surface area contributed by atoms with E-state index in [1.54, 1.807) is 7.11 Å². The van der Waals surface area contributed by atoms with E-state index < -0.39 is 0 Å². The number of ether oxygens (including phenoxy) is 1. The molecular weight excluding hydrogens is 250 g/mol. The maximum absolute atomic E-state index is 11.4. The molecule has 0 unspecified atom stereocenters. The Labute approximate surface area is 112 Å². The first-order valence-corrected chi connectivity index (χ1v) is 6.28. The van der Waals surface area contributed by atoms with Crippen LogP contribution in [0.2, 0.25) is 0 Å². The fraction of sp³-hybridized carbons (Fsp3) is 0.727. The Hall–Kier alpha value is -1.67. The van der Waals surface area contributed by atoms with Gasteiger partial charge in [0.05, 0.1) is 19.7 Å². The smallest absolute Gasteiger partial charge is 0.315 e. The highest BCUT2D eigenvalue weighted by molar-refractivity contribution is 5.79. The molecule has 0 atom stereocenters. The molecule has 0 aromatic carbocycles. The van der Waals surface area contributed by atoms with Crippen molar-refractivity contribution >= 4 is 11.9 Å². The van der Waals surface area contributed by atoms with Crippen LogP contribution in [0, 0.1) is 0 Å². The second-order valence-corrected chi connectivity index (χ2v) is 3.87. The van der Waals surface area contributed by atoms with E-state index in [0.717, 1.165) is 13.0 Å². The van der Waals surface area contributed by atoms with Gasteiger partial charge in [0.15, 0.2) is 0 Å². The summed E-state index contributed by atoms with van der Waals surface area (Å²) in [5, 5.41) is 16.2. The number of carbonyl (C=O) groups excluding carboxylic acids is 1. The van der Waals surface area contributed by atoms with Crippen LogP contribution in [0.15, 0.2) is 4.42 Å². The normalized spacial score (nSPS) is 10.4. The van der Waals surface area contributed by atoms with Crippen LogP contribution in [-0.2, 0) is 16.1 Å². The lowest BCUT2D eigenvalue weighted by atomic mass is 10.5. The quantitative estimate of drug-likeness (QED) is 0.504. The molecule has 0 aliphatic carbocycles. The van der Waals surface area contributed by atoms with Crippen molar-refractivity contribution in [2.24, 2.45) is 0 Å². The number of hydrogen-bond donors (Lipinski definition) is 3. The number of aromatic nitrogens is 2. The highest BCUT2D eigenvalue weighted by atomic mass is 16.5. The Balaban J connectivity index is 2.20. The molecule has 0 aliphatic rings. The molecule has 8 heteroatoms. The van der Waals surface area contributed by atoms with E-state index in [9.17, 15) is 4.79 Å². The van der Waals surface area contributed by atoms with Crippen molar-refractivity contribution in [1.29, 1.82) is 0 Å².